The Morgan fingerprint density at radius 2 is 1.35 bits per heavy atom. The van der Waals surface area contributed by atoms with E-state index < -0.39 is 0 Å². The minimum Gasteiger partial charge on any atom is -0.507 e. The van der Waals surface area contributed by atoms with Gasteiger partial charge in [-0.25, -0.2) is 0 Å². The van der Waals surface area contributed by atoms with E-state index in [2.05, 4.69) is 0 Å². The van der Waals surface area contributed by atoms with Crippen molar-refractivity contribution in [2.75, 3.05) is 0 Å². The van der Waals surface area contributed by atoms with Gasteiger partial charge in [0.2, 0.25) is 0 Å². The second kappa shape index (κ2) is 5.25. The lowest BCUT2D eigenvalue weighted by molar-refractivity contribution is 0.103. The van der Waals surface area contributed by atoms with Crippen LogP contribution < -0.4 is 0 Å². The van der Waals surface area contributed by atoms with Crippen LogP contribution in [0.3, 0.4) is 0 Å². The zero-order valence-corrected chi connectivity index (χ0v) is 12.4. The van der Waals surface area contributed by atoms with Gasteiger partial charge in [0.15, 0.2) is 5.78 Å². The molecule has 0 atom stereocenters. The molecule has 0 spiro atoms. The lowest BCUT2D eigenvalue weighted by Gasteiger charge is -2.09. The fourth-order valence-electron chi connectivity index (χ4n) is 2.93. The number of carbonyl (C=O) groups excluding carboxylic acids is 1. The molecular weight excluding hydrogens is 284 g/mol. The van der Waals surface area contributed by atoms with E-state index in [1.165, 1.54) is 0 Å². The van der Waals surface area contributed by atoms with Crippen LogP contribution in [0.15, 0.2) is 78.9 Å². The summed E-state index contributed by atoms with van der Waals surface area (Å²) < 4.78 is 0. The Hall–Kier alpha value is -3.13. The molecule has 0 aliphatic rings. The van der Waals surface area contributed by atoms with Crippen LogP contribution in [0.2, 0.25) is 0 Å². The minimum absolute atomic E-state index is 0.0436. The van der Waals surface area contributed by atoms with Gasteiger partial charge in [-0.2, -0.15) is 0 Å². The van der Waals surface area contributed by atoms with E-state index in [1.54, 1.807) is 18.2 Å². The van der Waals surface area contributed by atoms with Gasteiger partial charge >= 0.3 is 0 Å². The molecule has 4 aromatic carbocycles. The van der Waals surface area contributed by atoms with Gasteiger partial charge in [0, 0.05) is 10.9 Å². The first kappa shape index (κ1) is 13.5. The number of aromatic hydroxyl groups is 1. The number of carbonyl (C=O) groups is 1. The Balaban J connectivity index is 1.94. The van der Waals surface area contributed by atoms with Crippen molar-refractivity contribution in [3.63, 3.8) is 0 Å². The fraction of sp³-hybridized carbons (Fsp3) is 0. The number of benzene rings is 4. The van der Waals surface area contributed by atoms with Crippen molar-refractivity contribution in [1.29, 1.82) is 0 Å². The summed E-state index contributed by atoms with van der Waals surface area (Å²) in [5.41, 5.74) is 0.905. The third-order valence-corrected chi connectivity index (χ3v) is 4.14. The molecule has 23 heavy (non-hydrogen) atoms. The van der Waals surface area contributed by atoms with Gasteiger partial charge in [0.1, 0.15) is 5.75 Å². The molecule has 0 amide bonds. The van der Waals surface area contributed by atoms with Crippen molar-refractivity contribution in [3.05, 3.63) is 90.0 Å². The molecule has 0 bridgehead atoms. The standard InChI is InChI=1S/C21H14O2/c22-20(14-6-2-1-3-7-14)18-11-10-17-12-15-8-4-5-9-16(15)13-19(17)21(18)23/h1-13,23H. The summed E-state index contributed by atoms with van der Waals surface area (Å²) in [6.07, 6.45) is 0. The summed E-state index contributed by atoms with van der Waals surface area (Å²) >= 11 is 0. The number of ketones is 1. The van der Waals surface area contributed by atoms with Gasteiger partial charge in [-0.15, -0.1) is 0 Å². The summed E-state index contributed by atoms with van der Waals surface area (Å²) in [5.74, 6) is -0.125. The van der Waals surface area contributed by atoms with Crippen LogP contribution in [-0.4, -0.2) is 10.9 Å². The zero-order chi connectivity index (χ0) is 15.8. The Labute approximate surface area is 133 Å². The van der Waals surface area contributed by atoms with Gasteiger partial charge in [-0.3, -0.25) is 4.79 Å². The summed E-state index contributed by atoms with van der Waals surface area (Å²) in [7, 11) is 0. The second-order valence-corrected chi connectivity index (χ2v) is 5.58. The van der Waals surface area contributed by atoms with Crippen molar-refractivity contribution in [2.24, 2.45) is 0 Å². The summed E-state index contributed by atoms with van der Waals surface area (Å²) in [5, 5.41) is 14.4. The molecule has 0 radical (unpaired) electrons. The molecule has 2 heteroatoms. The molecule has 0 fully saturated rings. The summed E-state index contributed by atoms with van der Waals surface area (Å²) in [6.45, 7) is 0. The molecule has 4 aromatic rings. The van der Waals surface area contributed by atoms with Gasteiger partial charge in [-0.1, -0.05) is 60.7 Å². The van der Waals surface area contributed by atoms with E-state index in [4.69, 9.17) is 0 Å². The van der Waals surface area contributed by atoms with Crippen LogP contribution in [0.4, 0.5) is 0 Å². The van der Waals surface area contributed by atoms with Crippen molar-refractivity contribution in [1.82, 2.24) is 0 Å². The van der Waals surface area contributed by atoms with Crippen LogP contribution in [0.25, 0.3) is 21.5 Å². The number of phenols is 1. The van der Waals surface area contributed by atoms with Gasteiger partial charge in [-0.05, 0) is 34.4 Å². The average Bonchev–Trinajstić information content (AvgIpc) is 2.61. The Morgan fingerprint density at radius 3 is 2.09 bits per heavy atom. The molecule has 4 rings (SSSR count). The monoisotopic (exact) mass is 298 g/mol. The lowest BCUT2D eigenvalue weighted by Crippen LogP contribution is -2.01. The molecule has 0 heterocycles. The topological polar surface area (TPSA) is 37.3 Å². The van der Waals surface area contributed by atoms with Gasteiger partial charge in [0.05, 0.1) is 5.56 Å². The lowest BCUT2D eigenvalue weighted by atomic mass is 9.96. The SMILES string of the molecule is O=C(c1ccccc1)c1ccc2cc3ccccc3cc2c1O. The normalized spacial score (nSPS) is 11.0. The smallest absolute Gasteiger partial charge is 0.196 e. The predicted molar refractivity (Wildman–Crippen MR) is 93.0 cm³/mol. The molecule has 0 saturated carbocycles. The highest BCUT2D eigenvalue weighted by atomic mass is 16.3. The van der Waals surface area contributed by atoms with E-state index in [9.17, 15) is 9.90 Å². The van der Waals surface area contributed by atoms with E-state index in [0.29, 0.717) is 16.5 Å². The number of hydrogen-bond acceptors (Lipinski definition) is 2. The van der Waals surface area contributed by atoms with Crippen LogP contribution in [0.1, 0.15) is 15.9 Å². The third-order valence-electron chi connectivity index (χ3n) is 4.14. The molecular formula is C21H14O2. The summed E-state index contributed by atoms with van der Waals surface area (Å²) in [4.78, 5) is 12.6. The number of phenolic OH excluding ortho intramolecular Hbond substituents is 1. The fourth-order valence-corrected chi connectivity index (χ4v) is 2.93. The van der Waals surface area contributed by atoms with E-state index in [0.717, 1.165) is 16.2 Å². The van der Waals surface area contributed by atoms with Crippen molar-refractivity contribution in [2.45, 2.75) is 0 Å². The second-order valence-electron chi connectivity index (χ2n) is 5.58. The van der Waals surface area contributed by atoms with E-state index in [1.807, 2.05) is 60.7 Å². The maximum atomic E-state index is 12.6. The first-order chi connectivity index (χ1) is 11.2. The van der Waals surface area contributed by atoms with E-state index in [-0.39, 0.29) is 11.5 Å². The molecule has 0 unspecified atom stereocenters. The van der Waals surface area contributed by atoms with Crippen molar-refractivity contribution in [3.8, 4) is 5.75 Å². The molecule has 1 N–H and O–H groups in total. The third kappa shape index (κ3) is 2.25. The maximum absolute atomic E-state index is 12.6. The van der Waals surface area contributed by atoms with Crippen LogP contribution >= 0.6 is 0 Å². The average molecular weight is 298 g/mol. The predicted octanol–water partition coefficient (Wildman–Crippen LogP) is 4.93. The largest absolute Gasteiger partial charge is 0.507 e. The highest BCUT2D eigenvalue weighted by Gasteiger charge is 2.15. The molecule has 0 aliphatic heterocycles. The van der Waals surface area contributed by atoms with Crippen LogP contribution in [0.5, 0.6) is 5.75 Å². The van der Waals surface area contributed by atoms with Crippen molar-refractivity contribution >= 4 is 27.3 Å². The maximum Gasteiger partial charge on any atom is 0.196 e. The minimum atomic E-state index is -0.168. The first-order valence-electron chi connectivity index (χ1n) is 7.48. The number of rotatable bonds is 2. The van der Waals surface area contributed by atoms with Crippen LogP contribution in [0, 0.1) is 0 Å². The van der Waals surface area contributed by atoms with Gasteiger partial charge < -0.3 is 5.11 Å². The Kier molecular flexibility index (Phi) is 3.09. The molecule has 2 nitrogen and oxygen atoms in total. The van der Waals surface area contributed by atoms with Crippen molar-refractivity contribution < 1.29 is 9.90 Å². The zero-order valence-electron chi connectivity index (χ0n) is 12.4. The first-order valence-corrected chi connectivity index (χ1v) is 7.48. The number of hydrogen-bond donors (Lipinski definition) is 1. The Bertz CT molecular complexity index is 1030. The quantitative estimate of drug-likeness (QED) is 0.421. The highest BCUT2D eigenvalue weighted by molar-refractivity contribution is 6.14. The highest BCUT2D eigenvalue weighted by Crippen LogP contribution is 2.33. The van der Waals surface area contributed by atoms with Gasteiger partial charge in [0.25, 0.3) is 0 Å². The number of fused-ring (bicyclic) bond motifs is 2. The van der Waals surface area contributed by atoms with Crippen LogP contribution in [-0.2, 0) is 0 Å². The Morgan fingerprint density at radius 1 is 0.696 bits per heavy atom. The molecule has 0 aliphatic carbocycles. The summed E-state index contributed by atoms with van der Waals surface area (Å²) in [6, 6.07) is 24.5. The molecule has 0 aromatic heterocycles. The molecule has 0 saturated heterocycles. The molecule has 110 valence electrons. The van der Waals surface area contributed by atoms with E-state index >= 15 is 0 Å².